The van der Waals surface area contributed by atoms with Gasteiger partial charge < -0.3 is 14.7 Å². The zero-order chi connectivity index (χ0) is 17.8. The number of allylic oxidation sites excluding steroid dienone is 3. The lowest BCUT2D eigenvalue weighted by Gasteiger charge is -2.33. The van der Waals surface area contributed by atoms with Crippen molar-refractivity contribution in [3.8, 4) is 0 Å². The summed E-state index contributed by atoms with van der Waals surface area (Å²) in [6.07, 6.45) is 10.8. The Morgan fingerprint density at radius 1 is 1.16 bits per heavy atom. The van der Waals surface area contributed by atoms with Gasteiger partial charge in [-0.2, -0.15) is 0 Å². The van der Waals surface area contributed by atoms with Crippen molar-refractivity contribution in [1.29, 1.82) is 0 Å². The molecule has 3 atom stereocenters. The van der Waals surface area contributed by atoms with Crippen LogP contribution in [0, 0.1) is 17.8 Å². The standard InChI is InChI=1S/C21H33NO3/c1-15-4-3-5-16(2)12-20-18(7-6-15)19(21(24)25-20)13-22-10-8-17(14-23)9-11-22/h4,12,17-20,23H,3,5-11,13-14H2,1-2H3/b15-4+,16-12+/t18-,19-,20+/m0/s1. The molecule has 2 fully saturated rings. The van der Waals surface area contributed by atoms with Gasteiger partial charge in [-0.15, -0.1) is 0 Å². The monoisotopic (exact) mass is 347 g/mol. The fraction of sp³-hybridized carbons (Fsp3) is 0.762. The Hall–Kier alpha value is -1.13. The Morgan fingerprint density at radius 3 is 2.64 bits per heavy atom. The highest BCUT2D eigenvalue weighted by molar-refractivity contribution is 5.76. The van der Waals surface area contributed by atoms with E-state index in [4.69, 9.17) is 4.74 Å². The van der Waals surface area contributed by atoms with Crippen molar-refractivity contribution in [3.05, 3.63) is 23.3 Å². The second-order valence-electron chi connectivity index (χ2n) is 8.24. The molecule has 4 nitrogen and oxygen atoms in total. The molecule has 25 heavy (non-hydrogen) atoms. The molecule has 4 heteroatoms. The lowest BCUT2D eigenvalue weighted by atomic mass is 9.83. The van der Waals surface area contributed by atoms with Crippen LogP contribution in [-0.2, 0) is 9.53 Å². The maximum Gasteiger partial charge on any atom is 0.311 e. The largest absolute Gasteiger partial charge is 0.458 e. The molecule has 0 spiro atoms. The van der Waals surface area contributed by atoms with Crippen molar-refractivity contribution in [1.82, 2.24) is 4.90 Å². The third-order valence-electron chi connectivity index (χ3n) is 6.27. The van der Waals surface area contributed by atoms with E-state index in [9.17, 15) is 9.90 Å². The van der Waals surface area contributed by atoms with Crippen LogP contribution in [0.1, 0.15) is 52.4 Å². The predicted octanol–water partition coefficient (Wildman–Crippen LogP) is 3.32. The molecule has 2 heterocycles. The van der Waals surface area contributed by atoms with Crippen molar-refractivity contribution >= 4 is 5.97 Å². The zero-order valence-corrected chi connectivity index (χ0v) is 15.7. The number of hydrogen-bond acceptors (Lipinski definition) is 4. The number of rotatable bonds is 3. The molecule has 2 saturated heterocycles. The quantitative estimate of drug-likeness (QED) is 0.628. The van der Waals surface area contributed by atoms with Crippen LogP contribution >= 0.6 is 0 Å². The number of aliphatic hydroxyl groups is 1. The molecule has 0 aromatic heterocycles. The molecule has 3 rings (SSSR count). The summed E-state index contributed by atoms with van der Waals surface area (Å²) in [4.78, 5) is 15.0. The Bertz CT molecular complexity index is 531. The minimum Gasteiger partial charge on any atom is -0.458 e. The first kappa shape index (κ1) is 18.7. The summed E-state index contributed by atoms with van der Waals surface area (Å²) in [5.74, 6) is 0.710. The van der Waals surface area contributed by atoms with Crippen LogP contribution in [0.5, 0.6) is 0 Å². The lowest BCUT2D eigenvalue weighted by Crippen LogP contribution is -2.40. The molecule has 2 aliphatic heterocycles. The summed E-state index contributed by atoms with van der Waals surface area (Å²) in [6, 6.07) is 0. The van der Waals surface area contributed by atoms with Gasteiger partial charge >= 0.3 is 5.97 Å². The van der Waals surface area contributed by atoms with E-state index in [2.05, 4.69) is 30.9 Å². The molecule has 0 unspecified atom stereocenters. The summed E-state index contributed by atoms with van der Waals surface area (Å²) in [5.41, 5.74) is 2.77. The fourth-order valence-electron chi connectivity index (χ4n) is 4.48. The van der Waals surface area contributed by atoms with Crippen molar-refractivity contribution in [2.45, 2.75) is 58.5 Å². The SMILES string of the molecule is C/C1=C\[C@H]2OC(=O)[C@@H](CN3CCC(CO)CC3)[C@@H]2CC/C(C)=C/CC1. The van der Waals surface area contributed by atoms with Gasteiger partial charge in [0.05, 0.1) is 5.92 Å². The summed E-state index contributed by atoms with van der Waals surface area (Å²) in [6.45, 7) is 7.44. The van der Waals surface area contributed by atoms with Crippen LogP contribution in [0.4, 0.5) is 0 Å². The van der Waals surface area contributed by atoms with E-state index < -0.39 is 0 Å². The van der Waals surface area contributed by atoms with E-state index in [-0.39, 0.29) is 18.0 Å². The third kappa shape index (κ3) is 4.73. The molecule has 3 aliphatic rings. The Labute approximate surface area is 151 Å². The van der Waals surface area contributed by atoms with E-state index in [0.29, 0.717) is 18.4 Å². The van der Waals surface area contributed by atoms with E-state index in [1.807, 2.05) is 0 Å². The van der Waals surface area contributed by atoms with Crippen LogP contribution in [0.15, 0.2) is 23.3 Å². The average molecular weight is 347 g/mol. The number of carbonyl (C=O) groups excluding carboxylic acids is 1. The van der Waals surface area contributed by atoms with Gasteiger partial charge in [-0.3, -0.25) is 4.79 Å². The fourth-order valence-corrected chi connectivity index (χ4v) is 4.48. The van der Waals surface area contributed by atoms with Gasteiger partial charge in [-0.1, -0.05) is 17.2 Å². The van der Waals surface area contributed by atoms with Gasteiger partial charge in [0.25, 0.3) is 0 Å². The first-order chi connectivity index (χ1) is 12.1. The summed E-state index contributed by atoms with van der Waals surface area (Å²) < 4.78 is 5.80. The number of piperidine rings is 1. The van der Waals surface area contributed by atoms with Crippen molar-refractivity contribution < 1.29 is 14.6 Å². The Kier molecular flexibility index (Phi) is 6.34. The number of carbonyl (C=O) groups is 1. The highest BCUT2D eigenvalue weighted by Gasteiger charge is 2.44. The van der Waals surface area contributed by atoms with Crippen LogP contribution in [-0.4, -0.2) is 48.3 Å². The molecule has 0 radical (unpaired) electrons. The van der Waals surface area contributed by atoms with Crippen LogP contribution in [0.25, 0.3) is 0 Å². The van der Waals surface area contributed by atoms with E-state index >= 15 is 0 Å². The summed E-state index contributed by atoms with van der Waals surface area (Å²) >= 11 is 0. The minimum atomic E-state index is -0.0432. The molecule has 1 aliphatic carbocycles. The van der Waals surface area contributed by atoms with Crippen molar-refractivity contribution in [3.63, 3.8) is 0 Å². The van der Waals surface area contributed by atoms with Gasteiger partial charge in [-0.25, -0.2) is 0 Å². The molecule has 0 aromatic rings. The van der Waals surface area contributed by atoms with Crippen LogP contribution in [0.3, 0.4) is 0 Å². The van der Waals surface area contributed by atoms with Crippen molar-refractivity contribution in [2.75, 3.05) is 26.2 Å². The normalized spacial score (nSPS) is 36.8. The van der Waals surface area contributed by atoms with E-state index in [1.165, 1.54) is 11.1 Å². The van der Waals surface area contributed by atoms with E-state index in [1.54, 1.807) is 0 Å². The number of likely N-dealkylation sites (tertiary alicyclic amines) is 1. The number of esters is 1. The van der Waals surface area contributed by atoms with Gasteiger partial charge in [-0.05, 0) is 77.5 Å². The van der Waals surface area contributed by atoms with Crippen LogP contribution < -0.4 is 0 Å². The average Bonchev–Trinajstić information content (AvgIpc) is 2.88. The minimum absolute atomic E-state index is 0.00745. The smallest absolute Gasteiger partial charge is 0.311 e. The number of aliphatic hydroxyl groups excluding tert-OH is 1. The Balaban J connectivity index is 1.69. The van der Waals surface area contributed by atoms with Gasteiger partial charge in [0.1, 0.15) is 6.10 Å². The first-order valence-electron chi connectivity index (χ1n) is 9.93. The summed E-state index contributed by atoms with van der Waals surface area (Å²) in [7, 11) is 0. The predicted molar refractivity (Wildman–Crippen MR) is 99.1 cm³/mol. The van der Waals surface area contributed by atoms with Crippen LogP contribution in [0.2, 0.25) is 0 Å². The third-order valence-corrected chi connectivity index (χ3v) is 6.27. The highest BCUT2D eigenvalue weighted by Crippen LogP contribution is 2.36. The number of hydrogen-bond donors (Lipinski definition) is 1. The molecule has 140 valence electrons. The second-order valence-corrected chi connectivity index (χ2v) is 8.24. The number of nitrogens with zero attached hydrogens (tertiary/aromatic N) is 1. The second kappa shape index (κ2) is 8.50. The summed E-state index contributed by atoms with van der Waals surface area (Å²) in [5, 5.41) is 9.31. The molecule has 1 N–H and O–H groups in total. The molecule has 0 amide bonds. The van der Waals surface area contributed by atoms with Gasteiger partial charge in [0, 0.05) is 19.1 Å². The maximum atomic E-state index is 12.6. The topological polar surface area (TPSA) is 49.8 Å². The number of ether oxygens (including phenoxy) is 1. The first-order valence-corrected chi connectivity index (χ1v) is 9.93. The van der Waals surface area contributed by atoms with E-state index in [0.717, 1.165) is 58.2 Å². The zero-order valence-electron chi connectivity index (χ0n) is 15.7. The molecule has 0 aromatic carbocycles. The lowest BCUT2D eigenvalue weighted by molar-refractivity contribution is -0.143. The molecule has 0 bridgehead atoms. The van der Waals surface area contributed by atoms with Crippen molar-refractivity contribution in [2.24, 2.45) is 17.8 Å². The van der Waals surface area contributed by atoms with Gasteiger partial charge in [0.15, 0.2) is 0 Å². The van der Waals surface area contributed by atoms with Gasteiger partial charge in [0.2, 0.25) is 0 Å². The number of fused-ring (bicyclic) bond motifs is 1. The molecule has 0 saturated carbocycles. The molecular formula is C21H33NO3. The Morgan fingerprint density at radius 2 is 1.92 bits per heavy atom. The molecular weight excluding hydrogens is 314 g/mol. The highest BCUT2D eigenvalue weighted by atomic mass is 16.6. The maximum absolute atomic E-state index is 12.6.